The second-order valence-corrected chi connectivity index (χ2v) is 10.4. The third-order valence-electron chi connectivity index (χ3n) is 2.02. The Morgan fingerprint density at radius 2 is 1.47 bits per heavy atom. The summed E-state index contributed by atoms with van der Waals surface area (Å²) < 4.78 is 36.8. The Bertz CT molecular complexity index is 319. The van der Waals surface area contributed by atoms with Crippen molar-refractivity contribution in [3.8, 4) is 0 Å². The van der Waals surface area contributed by atoms with E-state index in [0.717, 1.165) is 23.7 Å². The minimum atomic E-state index is -4.22. The smallest absolute Gasteiger partial charge is 0.166 e. The van der Waals surface area contributed by atoms with E-state index in [2.05, 4.69) is 19.6 Å². The Labute approximate surface area is 89.1 Å². The molecule has 1 aromatic carbocycles. The van der Waals surface area contributed by atoms with Gasteiger partial charge in [-0.3, -0.25) is 0 Å². The Kier molecular flexibility index (Phi) is 3.28. The van der Waals surface area contributed by atoms with Crippen LogP contribution >= 0.6 is 0 Å². The van der Waals surface area contributed by atoms with E-state index in [4.69, 9.17) is 0 Å². The molecule has 0 aromatic heterocycles. The van der Waals surface area contributed by atoms with E-state index in [1.807, 2.05) is 0 Å². The van der Waals surface area contributed by atoms with Crippen LogP contribution in [0.1, 0.15) is 11.1 Å². The fourth-order valence-corrected chi connectivity index (χ4v) is 2.88. The highest BCUT2D eigenvalue weighted by Gasteiger charge is 2.30. The molecule has 0 atom stereocenters. The first kappa shape index (κ1) is 12.3. The molecule has 15 heavy (non-hydrogen) atoms. The van der Waals surface area contributed by atoms with Gasteiger partial charge in [-0.25, -0.2) is 0 Å². The first-order valence-corrected chi connectivity index (χ1v) is 8.55. The lowest BCUT2D eigenvalue weighted by molar-refractivity contribution is -0.137. The molecule has 0 amide bonds. The van der Waals surface area contributed by atoms with Gasteiger partial charge in [0.1, 0.15) is 0 Å². The number of benzene rings is 1. The van der Waals surface area contributed by atoms with Crippen molar-refractivity contribution in [2.24, 2.45) is 0 Å². The topological polar surface area (TPSA) is 0 Å². The van der Waals surface area contributed by atoms with Gasteiger partial charge in [0.05, 0.1) is 5.56 Å². The molecule has 0 saturated carbocycles. The molecule has 0 unspecified atom stereocenters. The monoisotopic (exact) mass is 232 g/mol. The maximum atomic E-state index is 12.3. The second-order valence-electron chi connectivity index (χ2n) is 4.93. The number of hydrogen-bond donors (Lipinski definition) is 0. The van der Waals surface area contributed by atoms with Crippen molar-refractivity contribution >= 4 is 8.07 Å². The first-order valence-electron chi connectivity index (χ1n) is 4.85. The lowest BCUT2D eigenvalue weighted by Gasteiger charge is -2.16. The molecule has 0 nitrogen and oxygen atoms in total. The summed E-state index contributed by atoms with van der Waals surface area (Å²) in [4.78, 5) is 0. The molecule has 4 heteroatoms. The number of rotatable bonds is 2. The van der Waals surface area contributed by atoms with E-state index in [9.17, 15) is 13.2 Å². The quantitative estimate of drug-likeness (QED) is 0.673. The average Bonchev–Trinajstić information content (AvgIpc) is 2.00. The summed E-state index contributed by atoms with van der Waals surface area (Å²) in [7, 11) is -1.24. The second kappa shape index (κ2) is 4.00. The molecule has 0 aliphatic rings. The zero-order chi connectivity index (χ0) is 11.7. The molecule has 0 heterocycles. The van der Waals surface area contributed by atoms with Gasteiger partial charge in [0, 0.05) is 8.07 Å². The molecule has 0 saturated heterocycles. The van der Waals surface area contributed by atoms with Crippen LogP contribution in [0.25, 0.3) is 0 Å². The van der Waals surface area contributed by atoms with Crippen molar-refractivity contribution in [3.63, 3.8) is 0 Å². The first-order chi connectivity index (χ1) is 6.68. The van der Waals surface area contributed by atoms with E-state index in [0.29, 0.717) is 0 Å². The van der Waals surface area contributed by atoms with Crippen LogP contribution in [-0.2, 0) is 12.2 Å². The molecule has 1 aromatic rings. The molecule has 0 aliphatic heterocycles. The van der Waals surface area contributed by atoms with Crippen molar-refractivity contribution in [1.82, 2.24) is 0 Å². The maximum Gasteiger partial charge on any atom is 0.416 e. The standard InChI is InChI=1S/C11H15F3Si/c1-15(2,3)8-9-4-6-10(7-5-9)11(12,13)14/h4-7H,8H2,1-3H3. The summed E-state index contributed by atoms with van der Waals surface area (Å²) in [5.41, 5.74) is 0.434. The summed E-state index contributed by atoms with van der Waals surface area (Å²) in [6.45, 7) is 6.60. The van der Waals surface area contributed by atoms with Gasteiger partial charge < -0.3 is 0 Å². The molecule has 0 spiro atoms. The lowest BCUT2D eigenvalue weighted by atomic mass is 10.1. The van der Waals surface area contributed by atoms with Crippen molar-refractivity contribution < 1.29 is 13.2 Å². The van der Waals surface area contributed by atoms with Crippen LogP contribution in [0.3, 0.4) is 0 Å². The van der Waals surface area contributed by atoms with Crippen LogP contribution in [-0.4, -0.2) is 8.07 Å². The van der Waals surface area contributed by atoms with Crippen LogP contribution < -0.4 is 0 Å². The third-order valence-corrected chi connectivity index (χ3v) is 3.48. The largest absolute Gasteiger partial charge is 0.416 e. The van der Waals surface area contributed by atoms with Crippen LogP contribution in [0.15, 0.2) is 24.3 Å². The Balaban J connectivity index is 2.82. The predicted molar refractivity (Wildman–Crippen MR) is 58.5 cm³/mol. The van der Waals surface area contributed by atoms with Gasteiger partial charge in [0.25, 0.3) is 0 Å². The minimum absolute atomic E-state index is 0.568. The fraction of sp³-hybridized carbons (Fsp3) is 0.455. The van der Waals surface area contributed by atoms with Gasteiger partial charge in [0.2, 0.25) is 0 Å². The van der Waals surface area contributed by atoms with Crippen LogP contribution in [0, 0.1) is 0 Å². The minimum Gasteiger partial charge on any atom is -0.166 e. The van der Waals surface area contributed by atoms with Crippen LogP contribution in [0.5, 0.6) is 0 Å². The molecule has 0 fully saturated rings. The van der Waals surface area contributed by atoms with Gasteiger partial charge in [-0.05, 0) is 18.2 Å². The summed E-state index contributed by atoms with van der Waals surface area (Å²) >= 11 is 0. The summed E-state index contributed by atoms with van der Waals surface area (Å²) in [5.74, 6) is 0. The Hall–Kier alpha value is -0.773. The lowest BCUT2D eigenvalue weighted by Crippen LogP contribution is -2.23. The number of alkyl halides is 3. The zero-order valence-corrected chi connectivity index (χ0v) is 10.2. The highest BCUT2D eigenvalue weighted by molar-refractivity contribution is 6.75. The van der Waals surface area contributed by atoms with E-state index < -0.39 is 19.8 Å². The molecular formula is C11H15F3Si. The van der Waals surface area contributed by atoms with Crippen molar-refractivity contribution in [2.45, 2.75) is 31.9 Å². The van der Waals surface area contributed by atoms with Gasteiger partial charge in [-0.1, -0.05) is 37.3 Å². The van der Waals surface area contributed by atoms with Crippen LogP contribution in [0.4, 0.5) is 13.2 Å². The van der Waals surface area contributed by atoms with Gasteiger partial charge in [-0.2, -0.15) is 13.2 Å². The fourth-order valence-electron chi connectivity index (χ4n) is 1.42. The van der Waals surface area contributed by atoms with E-state index >= 15 is 0 Å². The molecular weight excluding hydrogens is 217 g/mol. The summed E-state index contributed by atoms with van der Waals surface area (Å²) in [6, 6.07) is 6.41. The SMILES string of the molecule is C[Si](C)(C)Cc1ccc(C(F)(F)F)cc1. The van der Waals surface area contributed by atoms with Gasteiger partial charge in [-0.15, -0.1) is 0 Å². The number of hydrogen-bond acceptors (Lipinski definition) is 0. The van der Waals surface area contributed by atoms with E-state index in [-0.39, 0.29) is 0 Å². The Morgan fingerprint density at radius 3 is 1.80 bits per heavy atom. The third kappa shape index (κ3) is 4.07. The summed E-state index contributed by atoms with van der Waals surface area (Å²) in [5, 5.41) is 0. The van der Waals surface area contributed by atoms with Crippen molar-refractivity contribution in [3.05, 3.63) is 35.4 Å². The Morgan fingerprint density at radius 1 is 1.00 bits per heavy atom. The molecule has 1 rings (SSSR count). The zero-order valence-electron chi connectivity index (χ0n) is 9.15. The summed E-state index contributed by atoms with van der Waals surface area (Å²) in [6.07, 6.45) is -4.22. The van der Waals surface area contributed by atoms with E-state index in [1.165, 1.54) is 0 Å². The maximum absolute atomic E-state index is 12.3. The van der Waals surface area contributed by atoms with Crippen LogP contribution in [0.2, 0.25) is 19.6 Å². The van der Waals surface area contributed by atoms with E-state index in [1.54, 1.807) is 12.1 Å². The molecule has 0 N–H and O–H groups in total. The normalized spacial score (nSPS) is 12.9. The van der Waals surface area contributed by atoms with Crippen molar-refractivity contribution in [2.75, 3.05) is 0 Å². The van der Waals surface area contributed by atoms with Crippen molar-refractivity contribution in [1.29, 1.82) is 0 Å². The molecule has 0 aliphatic carbocycles. The number of halogens is 3. The van der Waals surface area contributed by atoms with Gasteiger partial charge in [0.15, 0.2) is 0 Å². The molecule has 0 bridgehead atoms. The van der Waals surface area contributed by atoms with Gasteiger partial charge >= 0.3 is 6.18 Å². The predicted octanol–water partition coefficient (Wildman–Crippen LogP) is 4.13. The molecule has 84 valence electrons. The highest BCUT2D eigenvalue weighted by Crippen LogP contribution is 2.29. The highest BCUT2D eigenvalue weighted by atomic mass is 28.3. The average molecular weight is 232 g/mol. The molecule has 0 radical (unpaired) electrons.